The standard InChI is InChI=1S/C9H6ClNOS/c10-6-3-4-7(11-9(6)12)8-2-1-5-13-8/h1-5H,(H,11,12). The molecule has 0 amide bonds. The van der Waals surface area contributed by atoms with Crippen LogP contribution >= 0.6 is 22.9 Å². The summed E-state index contributed by atoms with van der Waals surface area (Å²) in [6, 6.07) is 7.29. The fraction of sp³-hybridized carbons (Fsp3) is 0. The highest BCUT2D eigenvalue weighted by Gasteiger charge is 2.00. The van der Waals surface area contributed by atoms with Crippen LogP contribution in [-0.2, 0) is 0 Å². The summed E-state index contributed by atoms with van der Waals surface area (Å²) in [6.45, 7) is 0. The van der Waals surface area contributed by atoms with Gasteiger partial charge >= 0.3 is 0 Å². The van der Waals surface area contributed by atoms with Gasteiger partial charge in [-0.15, -0.1) is 11.3 Å². The molecular weight excluding hydrogens is 206 g/mol. The van der Waals surface area contributed by atoms with Crippen molar-refractivity contribution in [3.05, 3.63) is 45.0 Å². The summed E-state index contributed by atoms with van der Waals surface area (Å²) in [5, 5.41) is 2.18. The minimum Gasteiger partial charge on any atom is -0.320 e. The molecule has 0 atom stereocenters. The summed E-state index contributed by atoms with van der Waals surface area (Å²) in [5.41, 5.74) is 0.567. The Bertz CT molecular complexity index is 461. The molecule has 0 unspecified atom stereocenters. The van der Waals surface area contributed by atoms with Crippen molar-refractivity contribution in [1.82, 2.24) is 4.98 Å². The lowest BCUT2D eigenvalue weighted by Crippen LogP contribution is -2.05. The molecule has 0 aromatic carbocycles. The molecule has 0 fully saturated rings. The van der Waals surface area contributed by atoms with Crippen molar-refractivity contribution in [2.45, 2.75) is 0 Å². The fourth-order valence-corrected chi connectivity index (χ4v) is 1.85. The molecule has 2 aromatic heterocycles. The number of hydrogen-bond donors (Lipinski definition) is 1. The molecule has 0 bridgehead atoms. The number of halogens is 1. The second-order valence-electron chi connectivity index (χ2n) is 2.53. The number of aromatic amines is 1. The molecule has 0 saturated heterocycles. The Labute approximate surface area is 83.8 Å². The second-order valence-corrected chi connectivity index (χ2v) is 3.88. The number of aromatic nitrogens is 1. The normalized spacial score (nSPS) is 10.2. The Balaban J connectivity index is 2.55. The molecule has 0 radical (unpaired) electrons. The van der Waals surface area contributed by atoms with Crippen molar-refractivity contribution in [2.75, 3.05) is 0 Å². The van der Waals surface area contributed by atoms with Crippen LogP contribution in [0.1, 0.15) is 0 Å². The summed E-state index contributed by atoms with van der Waals surface area (Å²) in [7, 11) is 0. The van der Waals surface area contributed by atoms with Gasteiger partial charge < -0.3 is 4.98 Å². The van der Waals surface area contributed by atoms with Crippen LogP contribution in [0, 0.1) is 0 Å². The van der Waals surface area contributed by atoms with E-state index in [1.807, 2.05) is 17.5 Å². The van der Waals surface area contributed by atoms with Gasteiger partial charge in [0.05, 0.1) is 10.6 Å². The number of hydrogen-bond acceptors (Lipinski definition) is 2. The summed E-state index contributed by atoms with van der Waals surface area (Å²) in [5.74, 6) is 0. The molecule has 0 saturated carbocycles. The van der Waals surface area contributed by atoms with Gasteiger partial charge in [-0.1, -0.05) is 17.7 Å². The van der Waals surface area contributed by atoms with E-state index in [0.29, 0.717) is 0 Å². The first kappa shape index (κ1) is 8.53. The first-order valence-electron chi connectivity index (χ1n) is 3.70. The molecule has 66 valence electrons. The molecule has 2 aromatic rings. The molecule has 13 heavy (non-hydrogen) atoms. The summed E-state index contributed by atoms with van der Waals surface area (Å²) >= 11 is 7.18. The third-order valence-corrected chi connectivity index (χ3v) is 2.85. The highest BCUT2D eigenvalue weighted by atomic mass is 35.5. The van der Waals surface area contributed by atoms with Gasteiger partial charge in [0.25, 0.3) is 5.56 Å². The van der Waals surface area contributed by atoms with E-state index in [4.69, 9.17) is 11.6 Å². The molecule has 0 aliphatic rings. The summed E-state index contributed by atoms with van der Waals surface area (Å²) in [6.07, 6.45) is 0. The molecule has 2 heterocycles. The van der Waals surface area contributed by atoms with Crippen LogP contribution in [0.2, 0.25) is 5.02 Å². The average Bonchev–Trinajstić information content (AvgIpc) is 2.62. The number of rotatable bonds is 1. The lowest BCUT2D eigenvalue weighted by Gasteiger charge is -1.96. The van der Waals surface area contributed by atoms with Crippen molar-refractivity contribution in [2.24, 2.45) is 0 Å². The third kappa shape index (κ3) is 1.66. The molecule has 0 spiro atoms. The summed E-state index contributed by atoms with van der Waals surface area (Å²) in [4.78, 5) is 14.9. The van der Waals surface area contributed by atoms with Crippen LogP contribution in [0.15, 0.2) is 34.4 Å². The van der Waals surface area contributed by atoms with Crippen LogP contribution in [-0.4, -0.2) is 4.98 Å². The minimum absolute atomic E-state index is 0.223. The van der Waals surface area contributed by atoms with Crippen molar-refractivity contribution in [3.8, 4) is 10.6 Å². The zero-order valence-corrected chi connectivity index (χ0v) is 8.15. The molecule has 1 N–H and O–H groups in total. The molecular formula is C9H6ClNOS. The third-order valence-electron chi connectivity index (χ3n) is 1.65. The van der Waals surface area contributed by atoms with Crippen molar-refractivity contribution in [3.63, 3.8) is 0 Å². The van der Waals surface area contributed by atoms with Crippen molar-refractivity contribution >= 4 is 22.9 Å². The highest BCUT2D eigenvalue weighted by Crippen LogP contribution is 2.21. The smallest absolute Gasteiger partial charge is 0.267 e. The maximum atomic E-state index is 11.2. The lowest BCUT2D eigenvalue weighted by molar-refractivity contribution is 1.25. The van der Waals surface area contributed by atoms with Gasteiger partial charge in [-0.25, -0.2) is 0 Å². The van der Waals surface area contributed by atoms with E-state index in [-0.39, 0.29) is 10.6 Å². The Morgan fingerprint density at radius 3 is 2.77 bits per heavy atom. The predicted octanol–water partition coefficient (Wildman–Crippen LogP) is 2.76. The lowest BCUT2D eigenvalue weighted by atomic mass is 10.3. The van der Waals surface area contributed by atoms with Crippen molar-refractivity contribution < 1.29 is 0 Å². The number of H-pyrrole nitrogens is 1. The van der Waals surface area contributed by atoms with Crippen LogP contribution in [0.5, 0.6) is 0 Å². The zero-order valence-electron chi connectivity index (χ0n) is 6.58. The van der Waals surface area contributed by atoms with E-state index in [2.05, 4.69) is 4.98 Å². The fourth-order valence-electron chi connectivity index (χ4n) is 1.03. The van der Waals surface area contributed by atoms with E-state index >= 15 is 0 Å². The van der Waals surface area contributed by atoms with Gasteiger partial charge in [0.1, 0.15) is 5.02 Å². The molecule has 4 heteroatoms. The van der Waals surface area contributed by atoms with E-state index in [1.54, 1.807) is 23.5 Å². The van der Waals surface area contributed by atoms with Crippen LogP contribution < -0.4 is 5.56 Å². The van der Waals surface area contributed by atoms with Crippen LogP contribution in [0.3, 0.4) is 0 Å². The highest BCUT2D eigenvalue weighted by molar-refractivity contribution is 7.13. The number of pyridine rings is 1. The Morgan fingerprint density at radius 1 is 1.31 bits per heavy atom. The van der Waals surface area contributed by atoms with E-state index in [9.17, 15) is 4.79 Å². The van der Waals surface area contributed by atoms with Gasteiger partial charge in [0, 0.05) is 0 Å². The maximum Gasteiger partial charge on any atom is 0.267 e. The zero-order chi connectivity index (χ0) is 9.26. The van der Waals surface area contributed by atoms with Gasteiger partial charge in [-0.2, -0.15) is 0 Å². The van der Waals surface area contributed by atoms with Crippen molar-refractivity contribution in [1.29, 1.82) is 0 Å². The first-order valence-corrected chi connectivity index (χ1v) is 4.96. The monoisotopic (exact) mass is 211 g/mol. The van der Waals surface area contributed by atoms with Gasteiger partial charge in [0.15, 0.2) is 0 Å². The number of nitrogens with one attached hydrogen (secondary N) is 1. The Kier molecular flexibility index (Phi) is 2.20. The number of thiophene rings is 1. The molecule has 2 nitrogen and oxygen atoms in total. The van der Waals surface area contributed by atoms with Gasteiger partial charge in [-0.05, 0) is 23.6 Å². The minimum atomic E-state index is -0.243. The molecule has 2 rings (SSSR count). The second kappa shape index (κ2) is 3.36. The molecule has 0 aliphatic heterocycles. The Morgan fingerprint density at radius 2 is 2.15 bits per heavy atom. The summed E-state index contributed by atoms with van der Waals surface area (Å²) < 4.78 is 0. The predicted molar refractivity (Wildman–Crippen MR) is 55.4 cm³/mol. The van der Waals surface area contributed by atoms with Crippen LogP contribution in [0.4, 0.5) is 0 Å². The average molecular weight is 212 g/mol. The quantitative estimate of drug-likeness (QED) is 0.773. The Hall–Kier alpha value is -1.06. The van der Waals surface area contributed by atoms with E-state index in [0.717, 1.165) is 10.6 Å². The topological polar surface area (TPSA) is 32.9 Å². The van der Waals surface area contributed by atoms with Gasteiger partial charge in [0.2, 0.25) is 0 Å². The van der Waals surface area contributed by atoms with Crippen LogP contribution in [0.25, 0.3) is 10.6 Å². The largest absolute Gasteiger partial charge is 0.320 e. The van der Waals surface area contributed by atoms with Gasteiger partial charge in [-0.3, -0.25) is 4.79 Å². The first-order chi connectivity index (χ1) is 6.27. The van der Waals surface area contributed by atoms with E-state index in [1.165, 1.54) is 0 Å². The molecule has 0 aliphatic carbocycles. The van der Waals surface area contributed by atoms with E-state index < -0.39 is 0 Å². The SMILES string of the molecule is O=c1[nH]c(-c2cccs2)ccc1Cl. The maximum absolute atomic E-state index is 11.2.